The van der Waals surface area contributed by atoms with E-state index >= 15 is 0 Å². The summed E-state index contributed by atoms with van der Waals surface area (Å²) >= 11 is 0. The molecule has 16 heavy (non-hydrogen) atoms. The molecule has 0 heterocycles. The Bertz CT molecular complexity index is 183. The third kappa shape index (κ3) is 5.86. The second kappa shape index (κ2) is 6.61. The lowest BCUT2D eigenvalue weighted by atomic mass is 9.93. The van der Waals surface area contributed by atoms with E-state index in [-0.39, 0.29) is 5.41 Å². The van der Waals surface area contributed by atoms with Gasteiger partial charge in [0.25, 0.3) is 0 Å². The topological polar surface area (TPSA) is 21.3 Å². The molecule has 0 aromatic rings. The van der Waals surface area contributed by atoms with Gasteiger partial charge in [-0.15, -0.1) is 0 Å². The third-order valence-electron chi connectivity index (χ3n) is 3.25. The van der Waals surface area contributed by atoms with Crippen LogP contribution in [0.4, 0.5) is 0 Å². The van der Waals surface area contributed by atoms with Gasteiger partial charge in [-0.05, 0) is 12.8 Å². The number of ether oxygens (including phenoxy) is 1. The summed E-state index contributed by atoms with van der Waals surface area (Å²) in [6, 6.07) is 0.564. The Balaban J connectivity index is 2.18. The van der Waals surface area contributed by atoms with Crippen molar-refractivity contribution < 1.29 is 4.74 Å². The van der Waals surface area contributed by atoms with Crippen LogP contribution in [0.25, 0.3) is 0 Å². The van der Waals surface area contributed by atoms with Gasteiger partial charge in [0, 0.05) is 18.0 Å². The lowest BCUT2D eigenvalue weighted by Gasteiger charge is -2.30. The van der Waals surface area contributed by atoms with Gasteiger partial charge in [-0.3, -0.25) is 0 Å². The first-order valence-corrected chi connectivity index (χ1v) is 6.84. The summed E-state index contributed by atoms with van der Waals surface area (Å²) in [5.74, 6) is 0. The molecule has 1 fully saturated rings. The minimum absolute atomic E-state index is 0.252. The lowest BCUT2D eigenvalue weighted by Crippen LogP contribution is -2.37. The van der Waals surface area contributed by atoms with Crippen molar-refractivity contribution in [1.82, 2.24) is 5.32 Å². The Morgan fingerprint density at radius 1 is 1.19 bits per heavy atom. The summed E-state index contributed by atoms with van der Waals surface area (Å²) in [5.41, 5.74) is 0.252. The van der Waals surface area contributed by atoms with Gasteiger partial charge in [-0.2, -0.15) is 0 Å². The molecule has 0 spiro atoms. The van der Waals surface area contributed by atoms with Crippen molar-refractivity contribution in [1.29, 1.82) is 0 Å². The Hall–Kier alpha value is -0.0800. The maximum absolute atomic E-state index is 6.04. The summed E-state index contributed by atoms with van der Waals surface area (Å²) in [6.07, 6.45) is 7.19. The fraction of sp³-hybridized carbons (Fsp3) is 1.00. The minimum atomic E-state index is 0.252. The molecule has 0 bridgehead atoms. The van der Waals surface area contributed by atoms with Crippen LogP contribution in [0.5, 0.6) is 0 Å². The first kappa shape index (κ1) is 14.0. The molecule has 0 atom stereocenters. The SMILES string of the molecule is CC(C)NCC(C)(C)COC1CCCCC1. The molecule has 2 heteroatoms. The van der Waals surface area contributed by atoms with Crippen LogP contribution >= 0.6 is 0 Å². The summed E-state index contributed by atoms with van der Waals surface area (Å²) < 4.78 is 6.04. The molecule has 1 saturated carbocycles. The fourth-order valence-electron chi connectivity index (χ4n) is 2.11. The van der Waals surface area contributed by atoms with Gasteiger partial charge in [0.15, 0.2) is 0 Å². The van der Waals surface area contributed by atoms with Crippen molar-refractivity contribution in [3.8, 4) is 0 Å². The minimum Gasteiger partial charge on any atom is -0.378 e. The van der Waals surface area contributed by atoms with Crippen LogP contribution in [0.1, 0.15) is 59.8 Å². The van der Waals surface area contributed by atoms with Crippen LogP contribution in [-0.4, -0.2) is 25.3 Å². The largest absolute Gasteiger partial charge is 0.378 e. The molecule has 0 radical (unpaired) electrons. The molecule has 0 aromatic carbocycles. The molecule has 0 saturated heterocycles. The highest BCUT2D eigenvalue weighted by molar-refractivity contribution is 4.74. The predicted molar refractivity (Wildman–Crippen MR) is 69.7 cm³/mol. The molecule has 0 aromatic heterocycles. The molecule has 1 N–H and O–H groups in total. The van der Waals surface area contributed by atoms with Crippen molar-refractivity contribution in [3.63, 3.8) is 0 Å². The Morgan fingerprint density at radius 3 is 2.38 bits per heavy atom. The van der Waals surface area contributed by atoms with E-state index in [0.717, 1.165) is 13.2 Å². The third-order valence-corrected chi connectivity index (χ3v) is 3.25. The molecule has 0 unspecified atom stereocenters. The summed E-state index contributed by atoms with van der Waals surface area (Å²) in [7, 11) is 0. The zero-order valence-electron chi connectivity index (χ0n) is 11.5. The zero-order chi connectivity index (χ0) is 12.0. The molecule has 1 aliphatic rings. The van der Waals surface area contributed by atoms with E-state index in [2.05, 4.69) is 33.0 Å². The highest BCUT2D eigenvalue weighted by Crippen LogP contribution is 2.23. The van der Waals surface area contributed by atoms with Crippen molar-refractivity contribution in [2.45, 2.75) is 71.9 Å². The lowest BCUT2D eigenvalue weighted by molar-refractivity contribution is -0.0148. The van der Waals surface area contributed by atoms with Crippen LogP contribution in [0.2, 0.25) is 0 Å². The molecule has 2 nitrogen and oxygen atoms in total. The fourth-order valence-corrected chi connectivity index (χ4v) is 2.11. The van der Waals surface area contributed by atoms with Gasteiger partial charge in [0.1, 0.15) is 0 Å². The summed E-state index contributed by atoms with van der Waals surface area (Å²) in [4.78, 5) is 0. The van der Waals surface area contributed by atoms with E-state index in [1.54, 1.807) is 0 Å². The molecular formula is C14H29NO. The smallest absolute Gasteiger partial charge is 0.0575 e. The zero-order valence-corrected chi connectivity index (χ0v) is 11.5. The normalized spacial score (nSPS) is 19.3. The van der Waals surface area contributed by atoms with E-state index < -0.39 is 0 Å². The van der Waals surface area contributed by atoms with Gasteiger partial charge in [-0.25, -0.2) is 0 Å². The Kier molecular flexibility index (Phi) is 5.77. The Labute approximate surface area is 101 Å². The van der Waals surface area contributed by atoms with Gasteiger partial charge in [-0.1, -0.05) is 47.0 Å². The van der Waals surface area contributed by atoms with Gasteiger partial charge < -0.3 is 10.1 Å². The maximum atomic E-state index is 6.04. The average Bonchev–Trinajstić information content (AvgIpc) is 2.26. The quantitative estimate of drug-likeness (QED) is 0.751. The van der Waals surface area contributed by atoms with Crippen molar-refractivity contribution >= 4 is 0 Å². The van der Waals surface area contributed by atoms with Crippen LogP contribution in [0.3, 0.4) is 0 Å². The van der Waals surface area contributed by atoms with E-state index in [9.17, 15) is 0 Å². The van der Waals surface area contributed by atoms with Gasteiger partial charge in [0.2, 0.25) is 0 Å². The Morgan fingerprint density at radius 2 is 1.81 bits per heavy atom. The van der Waals surface area contributed by atoms with Crippen LogP contribution in [-0.2, 0) is 4.74 Å². The van der Waals surface area contributed by atoms with Crippen LogP contribution < -0.4 is 5.32 Å². The van der Waals surface area contributed by atoms with Crippen LogP contribution in [0.15, 0.2) is 0 Å². The van der Waals surface area contributed by atoms with E-state index in [4.69, 9.17) is 4.74 Å². The maximum Gasteiger partial charge on any atom is 0.0575 e. The van der Waals surface area contributed by atoms with Crippen molar-refractivity contribution in [2.24, 2.45) is 5.41 Å². The van der Waals surface area contributed by atoms with E-state index in [1.807, 2.05) is 0 Å². The predicted octanol–water partition coefficient (Wildman–Crippen LogP) is 3.36. The van der Waals surface area contributed by atoms with Gasteiger partial charge in [0.05, 0.1) is 12.7 Å². The van der Waals surface area contributed by atoms with E-state index in [1.165, 1.54) is 32.1 Å². The number of rotatable bonds is 6. The summed E-state index contributed by atoms with van der Waals surface area (Å²) in [6.45, 7) is 10.9. The monoisotopic (exact) mass is 227 g/mol. The molecule has 0 aliphatic heterocycles. The standard InChI is InChI=1S/C14H29NO/c1-12(2)15-10-14(3,4)11-16-13-8-6-5-7-9-13/h12-13,15H,5-11H2,1-4H3. The first-order valence-electron chi connectivity index (χ1n) is 6.84. The number of nitrogens with one attached hydrogen (secondary N) is 1. The van der Waals surface area contributed by atoms with Gasteiger partial charge >= 0.3 is 0 Å². The average molecular weight is 227 g/mol. The highest BCUT2D eigenvalue weighted by atomic mass is 16.5. The molecule has 1 rings (SSSR count). The molecular weight excluding hydrogens is 198 g/mol. The number of hydrogen-bond acceptors (Lipinski definition) is 2. The molecule has 1 aliphatic carbocycles. The molecule has 0 amide bonds. The summed E-state index contributed by atoms with van der Waals surface area (Å²) in [5, 5.41) is 3.49. The van der Waals surface area contributed by atoms with Crippen molar-refractivity contribution in [3.05, 3.63) is 0 Å². The number of hydrogen-bond donors (Lipinski definition) is 1. The second-order valence-electron chi connectivity index (χ2n) is 6.27. The highest BCUT2D eigenvalue weighted by Gasteiger charge is 2.21. The van der Waals surface area contributed by atoms with Crippen molar-refractivity contribution in [2.75, 3.05) is 13.2 Å². The molecule has 96 valence electrons. The first-order chi connectivity index (χ1) is 7.49. The second-order valence-corrected chi connectivity index (χ2v) is 6.27. The van der Waals surface area contributed by atoms with Crippen LogP contribution in [0, 0.1) is 5.41 Å². The van der Waals surface area contributed by atoms with E-state index in [0.29, 0.717) is 12.1 Å².